The van der Waals surface area contributed by atoms with Crippen LogP contribution in [0.5, 0.6) is 11.5 Å². The van der Waals surface area contributed by atoms with Crippen LogP contribution in [0.3, 0.4) is 0 Å². The monoisotopic (exact) mass is 362 g/mol. The van der Waals surface area contributed by atoms with E-state index in [-0.39, 0.29) is 0 Å². The van der Waals surface area contributed by atoms with Crippen molar-refractivity contribution < 1.29 is 9.47 Å². The average molecular weight is 362 g/mol. The van der Waals surface area contributed by atoms with Crippen molar-refractivity contribution in [2.75, 3.05) is 21.3 Å². The van der Waals surface area contributed by atoms with E-state index < -0.39 is 0 Å². The van der Waals surface area contributed by atoms with Gasteiger partial charge in [-0.05, 0) is 12.0 Å². The van der Waals surface area contributed by atoms with Crippen LogP contribution in [-0.2, 0) is 13.1 Å². The first kappa shape index (κ1) is 19.1. The topological polar surface area (TPSA) is 67.8 Å². The highest BCUT2D eigenvalue weighted by Gasteiger charge is 2.10. The van der Waals surface area contributed by atoms with E-state index in [9.17, 15) is 0 Å². The Balaban J connectivity index is 1.94. The van der Waals surface area contributed by atoms with E-state index in [1.54, 1.807) is 32.6 Å². The summed E-state index contributed by atoms with van der Waals surface area (Å²) >= 11 is 1.66. The molecule has 7 heteroatoms. The number of hydrogen-bond donors (Lipinski definition) is 2. The predicted molar refractivity (Wildman–Crippen MR) is 103 cm³/mol. The van der Waals surface area contributed by atoms with Gasteiger partial charge < -0.3 is 20.1 Å². The van der Waals surface area contributed by atoms with E-state index in [0.717, 1.165) is 22.0 Å². The first-order valence-corrected chi connectivity index (χ1v) is 9.05. The minimum Gasteiger partial charge on any atom is -0.493 e. The third kappa shape index (κ3) is 5.09. The zero-order valence-corrected chi connectivity index (χ0v) is 16.2. The van der Waals surface area contributed by atoms with Crippen LogP contribution in [0.25, 0.3) is 0 Å². The molecule has 0 unspecified atom stereocenters. The molecule has 0 atom stereocenters. The molecular weight excluding hydrogens is 336 g/mol. The van der Waals surface area contributed by atoms with Crippen LogP contribution >= 0.6 is 11.3 Å². The molecule has 0 saturated heterocycles. The Kier molecular flexibility index (Phi) is 7.06. The maximum atomic E-state index is 5.45. The molecule has 0 aliphatic heterocycles. The second-order valence-electron chi connectivity index (χ2n) is 5.75. The highest BCUT2D eigenvalue weighted by molar-refractivity contribution is 7.09. The molecule has 0 aliphatic rings. The SMILES string of the molecule is CN=C(NCc1nc(C(C)C)cs1)NCc1cccc(OC)c1OC. The number of methoxy groups -OCH3 is 2. The number of nitrogens with one attached hydrogen (secondary N) is 2. The molecule has 0 amide bonds. The zero-order chi connectivity index (χ0) is 18.2. The van der Waals surface area contributed by atoms with E-state index in [1.807, 2.05) is 18.2 Å². The van der Waals surface area contributed by atoms with Gasteiger partial charge in [0.05, 0.1) is 26.5 Å². The van der Waals surface area contributed by atoms with Crippen molar-refractivity contribution in [2.24, 2.45) is 4.99 Å². The molecule has 2 N–H and O–H groups in total. The quantitative estimate of drug-likeness (QED) is 0.585. The van der Waals surface area contributed by atoms with E-state index in [2.05, 4.69) is 39.8 Å². The van der Waals surface area contributed by atoms with E-state index in [1.165, 1.54) is 0 Å². The van der Waals surface area contributed by atoms with Crippen molar-refractivity contribution in [3.8, 4) is 11.5 Å². The number of nitrogens with zero attached hydrogens (tertiary/aromatic N) is 2. The van der Waals surface area contributed by atoms with Gasteiger partial charge in [0, 0.05) is 24.5 Å². The second kappa shape index (κ2) is 9.27. The van der Waals surface area contributed by atoms with Crippen molar-refractivity contribution in [2.45, 2.75) is 32.9 Å². The molecule has 25 heavy (non-hydrogen) atoms. The van der Waals surface area contributed by atoms with Gasteiger partial charge >= 0.3 is 0 Å². The molecule has 0 aliphatic carbocycles. The normalized spacial score (nSPS) is 11.5. The predicted octanol–water partition coefficient (Wildman–Crippen LogP) is 3.15. The van der Waals surface area contributed by atoms with Crippen molar-refractivity contribution in [1.29, 1.82) is 0 Å². The molecular formula is C18H26N4O2S. The first-order chi connectivity index (χ1) is 12.1. The minimum absolute atomic E-state index is 0.447. The zero-order valence-electron chi connectivity index (χ0n) is 15.4. The van der Waals surface area contributed by atoms with E-state index in [0.29, 0.717) is 30.7 Å². The Morgan fingerprint density at radius 3 is 2.56 bits per heavy atom. The van der Waals surface area contributed by atoms with Crippen molar-refractivity contribution >= 4 is 17.3 Å². The van der Waals surface area contributed by atoms with Crippen LogP contribution in [0.1, 0.15) is 36.0 Å². The van der Waals surface area contributed by atoms with E-state index >= 15 is 0 Å². The minimum atomic E-state index is 0.447. The summed E-state index contributed by atoms with van der Waals surface area (Å²) in [6, 6.07) is 5.82. The first-order valence-electron chi connectivity index (χ1n) is 8.17. The van der Waals surface area contributed by atoms with Crippen LogP contribution in [0.2, 0.25) is 0 Å². The molecule has 0 spiro atoms. The Labute approximate surface area is 153 Å². The fourth-order valence-electron chi connectivity index (χ4n) is 2.32. The smallest absolute Gasteiger partial charge is 0.191 e. The number of guanidine groups is 1. The Morgan fingerprint density at radius 1 is 1.20 bits per heavy atom. The fourth-order valence-corrected chi connectivity index (χ4v) is 3.22. The van der Waals surface area contributed by atoms with Gasteiger partial charge in [0.15, 0.2) is 17.5 Å². The number of hydrogen-bond acceptors (Lipinski definition) is 5. The van der Waals surface area contributed by atoms with Gasteiger partial charge in [-0.2, -0.15) is 0 Å². The van der Waals surface area contributed by atoms with Crippen molar-refractivity contribution in [1.82, 2.24) is 15.6 Å². The lowest BCUT2D eigenvalue weighted by molar-refractivity contribution is 0.351. The lowest BCUT2D eigenvalue weighted by Crippen LogP contribution is -2.36. The highest BCUT2D eigenvalue weighted by atomic mass is 32.1. The number of benzene rings is 1. The average Bonchev–Trinajstić information content (AvgIpc) is 3.10. The number of aliphatic imine (C=N–C) groups is 1. The number of rotatable bonds is 7. The second-order valence-corrected chi connectivity index (χ2v) is 6.70. The molecule has 2 rings (SSSR count). The maximum Gasteiger partial charge on any atom is 0.191 e. The summed E-state index contributed by atoms with van der Waals surface area (Å²) in [5.74, 6) is 2.61. The van der Waals surface area contributed by atoms with Gasteiger partial charge in [0.1, 0.15) is 5.01 Å². The fraction of sp³-hybridized carbons (Fsp3) is 0.444. The highest BCUT2D eigenvalue weighted by Crippen LogP contribution is 2.30. The molecule has 0 saturated carbocycles. The van der Waals surface area contributed by atoms with Crippen LogP contribution in [0.15, 0.2) is 28.6 Å². The molecule has 0 bridgehead atoms. The van der Waals surface area contributed by atoms with Crippen LogP contribution in [0, 0.1) is 0 Å². The van der Waals surface area contributed by atoms with Crippen LogP contribution in [0.4, 0.5) is 0 Å². The molecule has 2 aromatic rings. The van der Waals surface area contributed by atoms with E-state index in [4.69, 9.17) is 9.47 Å². The summed E-state index contributed by atoms with van der Waals surface area (Å²) < 4.78 is 10.8. The summed E-state index contributed by atoms with van der Waals surface area (Å²) in [5.41, 5.74) is 2.13. The molecule has 0 fully saturated rings. The lowest BCUT2D eigenvalue weighted by Gasteiger charge is -2.15. The molecule has 0 radical (unpaired) electrons. The van der Waals surface area contributed by atoms with Gasteiger partial charge in [-0.3, -0.25) is 4.99 Å². The van der Waals surface area contributed by atoms with Crippen molar-refractivity contribution in [3.63, 3.8) is 0 Å². The molecule has 136 valence electrons. The Bertz CT molecular complexity index is 713. The van der Waals surface area contributed by atoms with Gasteiger partial charge in [0.25, 0.3) is 0 Å². The summed E-state index contributed by atoms with van der Waals surface area (Å²) in [6.07, 6.45) is 0. The summed E-state index contributed by atoms with van der Waals surface area (Å²) in [6.45, 7) is 5.52. The number of para-hydroxylation sites is 1. The standard InChI is InChI=1S/C18H26N4O2S/c1-12(2)14-11-25-16(22-14)10-21-18(19-3)20-9-13-7-6-8-15(23-4)17(13)24-5/h6-8,11-12H,9-10H2,1-5H3,(H2,19,20,21). The third-order valence-electron chi connectivity index (χ3n) is 3.72. The van der Waals surface area contributed by atoms with Gasteiger partial charge in [-0.25, -0.2) is 4.98 Å². The van der Waals surface area contributed by atoms with Gasteiger partial charge in [-0.1, -0.05) is 26.0 Å². The summed E-state index contributed by atoms with van der Waals surface area (Å²) in [7, 11) is 5.03. The number of aromatic nitrogens is 1. The lowest BCUT2D eigenvalue weighted by atomic mass is 10.2. The molecule has 1 heterocycles. The van der Waals surface area contributed by atoms with Gasteiger partial charge in [-0.15, -0.1) is 11.3 Å². The van der Waals surface area contributed by atoms with Crippen molar-refractivity contribution in [3.05, 3.63) is 39.8 Å². The Hall–Kier alpha value is -2.28. The van der Waals surface area contributed by atoms with Crippen LogP contribution in [-0.4, -0.2) is 32.2 Å². The molecule has 1 aromatic carbocycles. The van der Waals surface area contributed by atoms with Gasteiger partial charge in [0.2, 0.25) is 0 Å². The van der Waals surface area contributed by atoms with Crippen LogP contribution < -0.4 is 20.1 Å². The summed E-state index contributed by atoms with van der Waals surface area (Å²) in [5, 5.41) is 9.74. The molecule has 1 aromatic heterocycles. The number of ether oxygens (including phenoxy) is 2. The molecule has 6 nitrogen and oxygen atoms in total. The summed E-state index contributed by atoms with van der Waals surface area (Å²) in [4.78, 5) is 8.88. The maximum absolute atomic E-state index is 5.45. The Morgan fingerprint density at radius 2 is 1.96 bits per heavy atom. The largest absolute Gasteiger partial charge is 0.493 e. The number of thiazole rings is 1. The third-order valence-corrected chi connectivity index (χ3v) is 4.59.